The van der Waals surface area contributed by atoms with Crippen LogP contribution in [0.1, 0.15) is 19.0 Å². The monoisotopic (exact) mass is 295 g/mol. The number of rotatable bonds is 5. The van der Waals surface area contributed by atoms with Crippen molar-refractivity contribution < 1.29 is 0 Å². The molecule has 2 rings (SSSR count). The molecule has 0 aromatic carbocycles. The van der Waals surface area contributed by atoms with E-state index in [0.29, 0.717) is 13.1 Å². The molecule has 20 heavy (non-hydrogen) atoms. The zero-order valence-corrected chi connectivity index (χ0v) is 12.2. The van der Waals surface area contributed by atoms with E-state index in [-0.39, 0.29) is 11.5 Å². The van der Waals surface area contributed by atoms with Crippen molar-refractivity contribution in [1.82, 2.24) is 14.1 Å². The van der Waals surface area contributed by atoms with Gasteiger partial charge in [0.25, 0.3) is 5.56 Å². The second-order valence-corrected chi connectivity index (χ2v) is 5.11. The van der Waals surface area contributed by atoms with E-state index >= 15 is 0 Å². The van der Waals surface area contributed by atoms with E-state index in [1.807, 2.05) is 12.3 Å². The van der Waals surface area contributed by atoms with Gasteiger partial charge in [0, 0.05) is 19.0 Å². The predicted molar refractivity (Wildman–Crippen MR) is 80.1 cm³/mol. The van der Waals surface area contributed by atoms with Crippen molar-refractivity contribution in [1.29, 1.82) is 0 Å². The van der Waals surface area contributed by atoms with E-state index < -0.39 is 11.2 Å². The number of thiazole rings is 1. The van der Waals surface area contributed by atoms with Crippen LogP contribution in [-0.2, 0) is 20.1 Å². The second kappa shape index (κ2) is 5.91. The van der Waals surface area contributed by atoms with Crippen molar-refractivity contribution in [3.05, 3.63) is 37.4 Å². The molecule has 2 aromatic heterocycles. The molecule has 0 saturated carbocycles. The Hall–Kier alpha value is -2.09. The molecule has 0 aliphatic heterocycles. The van der Waals surface area contributed by atoms with Gasteiger partial charge in [-0.2, -0.15) is 0 Å². The summed E-state index contributed by atoms with van der Waals surface area (Å²) in [5.41, 5.74) is 7.92. The Morgan fingerprint density at radius 2 is 2.20 bits per heavy atom. The summed E-state index contributed by atoms with van der Waals surface area (Å²) < 4.78 is 2.47. The van der Waals surface area contributed by atoms with Crippen LogP contribution >= 0.6 is 11.3 Å². The first kappa shape index (κ1) is 14.3. The van der Waals surface area contributed by atoms with Crippen LogP contribution in [0, 0.1) is 0 Å². The van der Waals surface area contributed by atoms with Crippen LogP contribution in [0.5, 0.6) is 0 Å². The Kier molecular flexibility index (Phi) is 4.23. The van der Waals surface area contributed by atoms with Gasteiger partial charge in [0.15, 0.2) is 0 Å². The lowest BCUT2D eigenvalue weighted by Gasteiger charge is -2.15. The van der Waals surface area contributed by atoms with E-state index in [1.54, 1.807) is 5.51 Å². The highest BCUT2D eigenvalue weighted by molar-refractivity contribution is 7.07. The zero-order chi connectivity index (χ0) is 14.7. The third kappa shape index (κ3) is 2.60. The molecule has 0 atom stereocenters. The Bertz CT molecular complexity index is 702. The third-order valence-corrected chi connectivity index (χ3v) is 3.60. The Balaban J connectivity index is 2.41. The van der Waals surface area contributed by atoms with Crippen molar-refractivity contribution >= 4 is 22.8 Å². The molecule has 0 unspecified atom stereocenters. The van der Waals surface area contributed by atoms with E-state index in [2.05, 4.69) is 10.3 Å². The van der Waals surface area contributed by atoms with Crippen molar-refractivity contribution in [2.45, 2.75) is 26.4 Å². The lowest BCUT2D eigenvalue weighted by molar-refractivity contribution is 0.600. The minimum Gasteiger partial charge on any atom is -0.383 e. The number of aromatic nitrogens is 3. The zero-order valence-electron chi connectivity index (χ0n) is 11.4. The summed E-state index contributed by atoms with van der Waals surface area (Å²) in [6.45, 7) is 2.82. The second-order valence-electron chi connectivity index (χ2n) is 4.39. The maximum Gasteiger partial charge on any atom is 0.332 e. The molecule has 0 bridgehead atoms. The van der Waals surface area contributed by atoms with E-state index in [1.165, 1.54) is 23.0 Å². The number of nitrogens with two attached hydrogens (primary N) is 1. The van der Waals surface area contributed by atoms with Crippen molar-refractivity contribution in [3.8, 4) is 0 Å². The SMILES string of the molecule is CCCn1c(N)c(NCc2cscn2)c(=O)n(C)c1=O. The third-order valence-electron chi connectivity index (χ3n) is 2.96. The van der Waals surface area contributed by atoms with Crippen LogP contribution < -0.4 is 22.3 Å². The first-order chi connectivity index (χ1) is 9.56. The number of nitrogen functional groups attached to an aromatic ring is 1. The fraction of sp³-hybridized carbons (Fsp3) is 0.417. The van der Waals surface area contributed by atoms with Crippen LogP contribution in [0.3, 0.4) is 0 Å². The van der Waals surface area contributed by atoms with Crippen LogP contribution in [0.15, 0.2) is 20.5 Å². The normalized spacial score (nSPS) is 10.7. The molecule has 0 spiro atoms. The van der Waals surface area contributed by atoms with Crippen LogP contribution in [0.2, 0.25) is 0 Å². The van der Waals surface area contributed by atoms with Crippen LogP contribution in [0.4, 0.5) is 11.5 Å². The van der Waals surface area contributed by atoms with Gasteiger partial charge < -0.3 is 11.1 Å². The molecule has 0 saturated heterocycles. The minimum absolute atomic E-state index is 0.176. The van der Waals surface area contributed by atoms with Crippen LogP contribution in [0.25, 0.3) is 0 Å². The van der Waals surface area contributed by atoms with E-state index in [0.717, 1.165) is 16.7 Å². The lowest BCUT2D eigenvalue weighted by Crippen LogP contribution is -2.40. The Morgan fingerprint density at radius 3 is 2.80 bits per heavy atom. The lowest BCUT2D eigenvalue weighted by atomic mass is 10.3. The highest BCUT2D eigenvalue weighted by Gasteiger charge is 2.14. The van der Waals surface area contributed by atoms with Gasteiger partial charge in [-0.3, -0.25) is 13.9 Å². The van der Waals surface area contributed by atoms with Gasteiger partial charge in [0.2, 0.25) is 0 Å². The number of nitrogens with one attached hydrogen (secondary N) is 1. The van der Waals surface area contributed by atoms with Crippen LogP contribution in [-0.4, -0.2) is 14.1 Å². The summed E-state index contributed by atoms with van der Waals surface area (Å²) in [6, 6.07) is 0. The summed E-state index contributed by atoms with van der Waals surface area (Å²) in [4.78, 5) is 28.2. The molecule has 2 heterocycles. The molecule has 3 N–H and O–H groups in total. The van der Waals surface area contributed by atoms with Gasteiger partial charge in [-0.25, -0.2) is 9.78 Å². The highest BCUT2D eigenvalue weighted by atomic mass is 32.1. The van der Waals surface area contributed by atoms with Crippen molar-refractivity contribution in [2.75, 3.05) is 11.1 Å². The molecule has 0 fully saturated rings. The summed E-state index contributed by atoms with van der Waals surface area (Å²) in [7, 11) is 1.45. The molecule has 0 aliphatic rings. The summed E-state index contributed by atoms with van der Waals surface area (Å²) in [5.74, 6) is 0.176. The van der Waals surface area contributed by atoms with Gasteiger partial charge in [0.1, 0.15) is 11.5 Å². The van der Waals surface area contributed by atoms with Crippen molar-refractivity contribution in [2.24, 2.45) is 7.05 Å². The molecular weight excluding hydrogens is 278 g/mol. The smallest absolute Gasteiger partial charge is 0.332 e. The number of nitrogens with zero attached hydrogens (tertiary/aromatic N) is 3. The molecular formula is C12H17N5O2S. The number of hydrogen-bond donors (Lipinski definition) is 2. The molecule has 0 amide bonds. The standard InChI is InChI=1S/C12H17N5O2S/c1-3-4-17-10(13)9(11(18)16(2)12(17)19)14-5-8-6-20-7-15-8/h6-7,14H,3-5,13H2,1-2H3. The topological polar surface area (TPSA) is 94.9 Å². The fourth-order valence-corrected chi connectivity index (χ4v) is 2.45. The minimum atomic E-state index is -0.421. The summed E-state index contributed by atoms with van der Waals surface area (Å²) >= 11 is 1.48. The summed E-state index contributed by atoms with van der Waals surface area (Å²) in [5, 5.41) is 4.86. The average molecular weight is 295 g/mol. The maximum absolute atomic E-state index is 12.1. The Labute approximate surface area is 119 Å². The molecule has 0 aliphatic carbocycles. The van der Waals surface area contributed by atoms with Gasteiger partial charge >= 0.3 is 5.69 Å². The van der Waals surface area contributed by atoms with Gasteiger partial charge in [-0.15, -0.1) is 11.3 Å². The highest BCUT2D eigenvalue weighted by Crippen LogP contribution is 2.12. The molecule has 2 aromatic rings. The molecule has 0 radical (unpaired) electrons. The summed E-state index contributed by atoms with van der Waals surface area (Å²) in [6.07, 6.45) is 0.758. The van der Waals surface area contributed by atoms with Gasteiger partial charge in [-0.05, 0) is 6.42 Å². The number of anilines is 2. The number of hydrogen-bond acceptors (Lipinski definition) is 6. The van der Waals surface area contributed by atoms with Crippen molar-refractivity contribution in [3.63, 3.8) is 0 Å². The predicted octanol–water partition coefficient (Wildman–Crippen LogP) is 0.608. The first-order valence-electron chi connectivity index (χ1n) is 6.26. The molecule has 8 heteroatoms. The maximum atomic E-state index is 12.1. The average Bonchev–Trinajstić information content (AvgIpc) is 2.94. The fourth-order valence-electron chi connectivity index (χ4n) is 1.89. The quantitative estimate of drug-likeness (QED) is 0.842. The van der Waals surface area contributed by atoms with E-state index in [4.69, 9.17) is 5.73 Å². The largest absolute Gasteiger partial charge is 0.383 e. The molecule has 108 valence electrons. The van der Waals surface area contributed by atoms with E-state index in [9.17, 15) is 9.59 Å². The van der Waals surface area contributed by atoms with Gasteiger partial charge in [-0.1, -0.05) is 6.92 Å². The molecule has 7 nitrogen and oxygen atoms in total. The first-order valence-corrected chi connectivity index (χ1v) is 7.20. The Morgan fingerprint density at radius 1 is 1.45 bits per heavy atom. The van der Waals surface area contributed by atoms with Gasteiger partial charge in [0.05, 0.1) is 17.7 Å².